The van der Waals surface area contributed by atoms with Crippen LogP contribution in [0.2, 0.25) is 5.02 Å². The van der Waals surface area contributed by atoms with Gasteiger partial charge < -0.3 is 9.88 Å². The third kappa shape index (κ3) is 4.48. The second kappa shape index (κ2) is 8.16. The number of halogens is 1. The second-order valence-corrected chi connectivity index (χ2v) is 6.73. The van der Waals surface area contributed by atoms with Crippen molar-refractivity contribution in [2.45, 2.75) is 24.3 Å². The summed E-state index contributed by atoms with van der Waals surface area (Å²) in [6, 6.07) is 6.76. The number of rotatable bonds is 5. The van der Waals surface area contributed by atoms with Crippen LogP contribution >= 0.6 is 23.4 Å². The predicted molar refractivity (Wildman–Crippen MR) is 94.0 cm³/mol. The number of benzene rings is 1. The molecule has 2 N–H and O–H groups in total. The number of hydrogen-bond acceptors (Lipinski definition) is 5. The lowest BCUT2D eigenvalue weighted by molar-refractivity contribution is -0.119. The smallest absolute Gasteiger partial charge is 0.321 e. The molecule has 0 bridgehead atoms. The molecule has 3 amide bonds. The maximum Gasteiger partial charge on any atom is 0.321 e. The first-order valence-electron chi connectivity index (χ1n) is 7.33. The maximum atomic E-state index is 12.0. The molecular formula is C15H18ClN5O2S. The van der Waals surface area contributed by atoms with Gasteiger partial charge in [0.25, 0.3) is 0 Å². The zero-order valence-electron chi connectivity index (χ0n) is 13.5. The van der Waals surface area contributed by atoms with Gasteiger partial charge in [-0.25, -0.2) is 4.79 Å². The first kappa shape index (κ1) is 18.3. The minimum Gasteiger partial charge on any atom is -0.338 e. The highest BCUT2D eigenvalue weighted by atomic mass is 35.5. The molecule has 0 aliphatic carbocycles. The lowest BCUT2D eigenvalue weighted by Gasteiger charge is -2.11. The zero-order valence-corrected chi connectivity index (χ0v) is 15.1. The standard InChI is InChI=1S/C15H18ClN5O2S/c1-4-17-14(23)18-13(22)9(2)24-15-20-19-12(21(15)3)10-5-7-11(16)8-6-10/h5-9H,4H2,1-3H3,(H2,17,18,22,23)/t9-/m0/s1. The van der Waals surface area contributed by atoms with E-state index in [4.69, 9.17) is 11.6 Å². The number of thioether (sulfide) groups is 1. The Kier molecular flexibility index (Phi) is 6.22. The van der Waals surface area contributed by atoms with E-state index in [1.807, 2.05) is 19.2 Å². The molecule has 7 nitrogen and oxygen atoms in total. The van der Waals surface area contributed by atoms with E-state index in [0.717, 1.165) is 5.56 Å². The third-order valence-electron chi connectivity index (χ3n) is 3.16. The molecule has 0 unspecified atom stereocenters. The van der Waals surface area contributed by atoms with Crippen molar-refractivity contribution in [1.29, 1.82) is 0 Å². The highest BCUT2D eigenvalue weighted by Gasteiger charge is 2.20. The highest BCUT2D eigenvalue weighted by Crippen LogP contribution is 2.26. The summed E-state index contributed by atoms with van der Waals surface area (Å²) in [5.74, 6) is 0.285. The molecule has 2 aromatic rings. The van der Waals surface area contributed by atoms with Gasteiger partial charge in [-0.1, -0.05) is 23.4 Å². The Bertz CT molecular complexity index is 732. The molecule has 0 aliphatic heterocycles. The molecule has 2 rings (SSSR count). The van der Waals surface area contributed by atoms with E-state index < -0.39 is 11.3 Å². The number of imide groups is 1. The van der Waals surface area contributed by atoms with Gasteiger partial charge >= 0.3 is 6.03 Å². The quantitative estimate of drug-likeness (QED) is 0.792. The molecule has 0 saturated carbocycles. The molecule has 1 aromatic carbocycles. The molecule has 9 heteroatoms. The van der Waals surface area contributed by atoms with Gasteiger partial charge in [0.2, 0.25) is 5.91 Å². The van der Waals surface area contributed by atoms with Gasteiger partial charge in [-0.05, 0) is 38.1 Å². The first-order valence-corrected chi connectivity index (χ1v) is 8.58. The third-order valence-corrected chi connectivity index (χ3v) is 4.55. The summed E-state index contributed by atoms with van der Waals surface area (Å²) in [7, 11) is 1.82. The van der Waals surface area contributed by atoms with Crippen molar-refractivity contribution in [3.63, 3.8) is 0 Å². The van der Waals surface area contributed by atoms with E-state index in [0.29, 0.717) is 22.5 Å². The SMILES string of the molecule is CCNC(=O)NC(=O)[C@H](C)Sc1nnc(-c2ccc(Cl)cc2)n1C. The fourth-order valence-corrected chi connectivity index (χ4v) is 2.84. The van der Waals surface area contributed by atoms with Crippen LogP contribution in [0, 0.1) is 0 Å². The van der Waals surface area contributed by atoms with E-state index in [1.54, 1.807) is 30.5 Å². The van der Waals surface area contributed by atoms with Crippen LogP contribution in [0.5, 0.6) is 0 Å². The maximum absolute atomic E-state index is 12.0. The van der Waals surface area contributed by atoms with Gasteiger partial charge in [-0.3, -0.25) is 10.1 Å². The van der Waals surface area contributed by atoms with Crippen molar-refractivity contribution in [2.24, 2.45) is 7.05 Å². The zero-order chi connectivity index (χ0) is 17.7. The summed E-state index contributed by atoms with van der Waals surface area (Å²) in [5, 5.41) is 13.8. The van der Waals surface area contributed by atoms with Crippen LogP contribution in [-0.2, 0) is 11.8 Å². The molecule has 1 atom stereocenters. The molecular weight excluding hydrogens is 350 g/mol. The lowest BCUT2D eigenvalue weighted by atomic mass is 10.2. The highest BCUT2D eigenvalue weighted by molar-refractivity contribution is 8.00. The molecule has 1 heterocycles. The Morgan fingerprint density at radius 1 is 1.29 bits per heavy atom. The largest absolute Gasteiger partial charge is 0.338 e. The van der Waals surface area contributed by atoms with Gasteiger partial charge in [-0.15, -0.1) is 10.2 Å². The van der Waals surface area contributed by atoms with Crippen LogP contribution in [0.3, 0.4) is 0 Å². The van der Waals surface area contributed by atoms with Crippen molar-refractivity contribution in [3.05, 3.63) is 29.3 Å². The number of carbonyl (C=O) groups excluding carboxylic acids is 2. The molecule has 0 spiro atoms. The fourth-order valence-electron chi connectivity index (χ4n) is 1.90. The van der Waals surface area contributed by atoms with Crippen LogP contribution in [0.4, 0.5) is 4.79 Å². The number of aromatic nitrogens is 3. The Balaban J connectivity index is 2.07. The van der Waals surface area contributed by atoms with Crippen molar-refractivity contribution in [3.8, 4) is 11.4 Å². The molecule has 0 aliphatic rings. The summed E-state index contributed by atoms with van der Waals surface area (Å²) in [5.41, 5.74) is 0.876. The Labute approximate surface area is 149 Å². The average molecular weight is 368 g/mol. The molecule has 0 saturated heterocycles. The molecule has 0 radical (unpaired) electrons. The van der Waals surface area contributed by atoms with Crippen molar-refractivity contribution in [2.75, 3.05) is 6.54 Å². The van der Waals surface area contributed by atoms with Crippen LogP contribution < -0.4 is 10.6 Å². The second-order valence-electron chi connectivity index (χ2n) is 4.98. The van der Waals surface area contributed by atoms with Crippen molar-refractivity contribution >= 4 is 35.3 Å². The van der Waals surface area contributed by atoms with Crippen LogP contribution in [0.25, 0.3) is 11.4 Å². The average Bonchev–Trinajstić information content (AvgIpc) is 2.89. The summed E-state index contributed by atoms with van der Waals surface area (Å²) in [4.78, 5) is 23.4. The first-order chi connectivity index (χ1) is 11.4. The normalized spacial score (nSPS) is 11.8. The van der Waals surface area contributed by atoms with E-state index in [9.17, 15) is 9.59 Å². The van der Waals surface area contributed by atoms with Crippen LogP contribution in [-0.4, -0.2) is 38.5 Å². The summed E-state index contributed by atoms with van der Waals surface area (Å²) in [6.45, 7) is 3.93. The predicted octanol–water partition coefficient (Wildman–Crippen LogP) is 2.46. The van der Waals surface area contributed by atoms with E-state index in [1.165, 1.54) is 11.8 Å². The van der Waals surface area contributed by atoms with Gasteiger partial charge in [0.15, 0.2) is 11.0 Å². The van der Waals surface area contributed by atoms with E-state index in [-0.39, 0.29) is 5.91 Å². The minimum absolute atomic E-state index is 0.387. The van der Waals surface area contributed by atoms with Gasteiger partial charge in [0, 0.05) is 24.2 Å². The Hall–Kier alpha value is -2.06. The fraction of sp³-hybridized carbons (Fsp3) is 0.333. The number of hydrogen-bond donors (Lipinski definition) is 2. The Morgan fingerprint density at radius 2 is 1.96 bits per heavy atom. The molecule has 1 aromatic heterocycles. The molecule has 128 valence electrons. The molecule has 24 heavy (non-hydrogen) atoms. The number of nitrogens with one attached hydrogen (secondary N) is 2. The summed E-state index contributed by atoms with van der Waals surface area (Å²) >= 11 is 7.12. The summed E-state index contributed by atoms with van der Waals surface area (Å²) in [6.07, 6.45) is 0. The monoisotopic (exact) mass is 367 g/mol. The minimum atomic E-state index is -0.505. The Morgan fingerprint density at radius 3 is 2.58 bits per heavy atom. The molecule has 0 fully saturated rings. The van der Waals surface area contributed by atoms with E-state index in [2.05, 4.69) is 20.8 Å². The van der Waals surface area contributed by atoms with E-state index >= 15 is 0 Å². The van der Waals surface area contributed by atoms with Crippen LogP contribution in [0.1, 0.15) is 13.8 Å². The van der Waals surface area contributed by atoms with Gasteiger partial charge in [-0.2, -0.15) is 0 Å². The number of urea groups is 1. The van der Waals surface area contributed by atoms with Crippen molar-refractivity contribution < 1.29 is 9.59 Å². The number of amides is 3. The summed E-state index contributed by atoms with van der Waals surface area (Å²) < 4.78 is 1.80. The van der Waals surface area contributed by atoms with Crippen LogP contribution in [0.15, 0.2) is 29.4 Å². The van der Waals surface area contributed by atoms with Gasteiger partial charge in [0.05, 0.1) is 5.25 Å². The van der Waals surface area contributed by atoms with Gasteiger partial charge in [0.1, 0.15) is 0 Å². The number of carbonyl (C=O) groups is 2. The lowest BCUT2D eigenvalue weighted by Crippen LogP contribution is -2.42. The topological polar surface area (TPSA) is 88.9 Å². The number of nitrogens with zero attached hydrogens (tertiary/aromatic N) is 3. The van der Waals surface area contributed by atoms with Crippen molar-refractivity contribution in [1.82, 2.24) is 25.4 Å².